The molecule has 0 radical (unpaired) electrons. The molecule has 18 heavy (non-hydrogen) atoms. The van der Waals surface area contributed by atoms with Gasteiger partial charge in [-0.05, 0) is 5.92 Å². The lowest BCUT2D eigenvalue weighted by molar-refractivity contribution is 0.358. The molecule has 0 unspecified atom stereocenters. The number of aromatic nitrogens is 4. The summed E-state index contributed by atoms with van der Waals surface area (Å²) in [6, 6.07) is 0. The van der Waals surface area contributed by atoms with Gasteiger partial charge >= 0.3 is 0 Å². The van der Waals surface area contributed by atoms with Gasteiger partial charge in [0.2, 0.25) is 16.2 Å². The summed E-state index contributed by atoms with van der Waals surface area (Å²) in [6.07, 6.45) is 0.794. The Kier molecular flexibility index (Phi) is 3.75. The first-order chi connectivity index (χ1) is 8.54. The van der Waals surface area contributed by atoms with Crippen LogP contribution >= 0.6 is 11.3 Å². The second-order valence-electron chi connectivity index (χ2n) is 4.48. The standard InChI is InChI=1S/C10H16N6OS/c1-6(2)4-8-12-7(15-17-8)5-16(3)10-14-13-9(11)18-10/h6H,4-5H2,1-3H3,(H2,11,13). The molecule has 2 N–H and O–H groups in total. The molecule has 0 aromatic carbocycles. The summed E-state index contributed by atoms with van der Waals surface area (Å²) in [7, 11) is 1.89. The van der Waals surface area contributed by atoms with E-state index in [1.54, 1.807) is 0 Å². The normalized spacial score (nSPS) is 11.1. The first-order valence-electron chi connectivity index (χ1n) is 5.66. The van der Waals surface area contributed by atoms with Crippen LogP contribution in [0.15, 0.2) is 4.52 Å². The number of rotatable bonds is 5. The van der Waals surface area contributed by atoms with E-state index in [4.69, 9.17) is 10.3 Å². The SMILES string of the molecule is CC(C)Cc1nc(CN(C)c2nnc(N)s2)no1. The number of nitrogen functional groups attached to an aromatic ring is 1. The van der Waals surface area contributed by atoms with Gasteiger partial charge in [0.15, 0.2) is 5.82 Å². The van der Waals surface area contributed by atoms with E-state index < -0.39 is 0 Å². The lowest BCUT2D eigenvalue weighted by Gasteiger charge is -2.11. The van der Waals surface area contributed by atoms with Crippen molar-refractivity contribution in [3.63, 3.8) is 0 Å². The number of hydrogen-bond acceptors (Lipinski definition) is 8. The molecule has 0 saturated carbocycles. The van der Waals surface area contributed by atoms with E-state index in [-0.39, 0.29) is 0 Å². The molecule has 0 spiro atoms. The highest BCUT2D eigenvalue weighted by Crippen LogP contribution is 2.21. The van der Waals surface area contributed by atoms with Gasteiger partial charge in [0.1, 0.15) is 0 Å². The van der Waals surface area contributed by atoms with Crippen LogP contribution in [0.4, 0.5) is 10.3 Å². The van der Waals surface area contributed by atoms with Crippen LogP contribution in [0.2, 0.25) is 0 Å². The van der Waals surface area contributed by atoms with E-state index >= 15 is 0 Å². The van der Waals surface area contributed by atoms with Crippen LogP contribution in [0.5, 0.6) is 0 Å². The Morgan fingerprint density at radius 2 is 2.17 bits per heavy atom. The lowest BCUT2D eigenvalue weighted by atomic mass is 10.1. The van der Waals surface area contributed by atoms with Crippen molar-refractivity contribution in [3.8, 4) is 0 Å². The van der Waals surface area contributed by atoms with Crippen LogP contribution in [0.1, 0.15) is 25.6 Å². The predicted octanol–water partition coefficient (Wildman–Crippen LogP) is 1.34. The van der Waals surface area contributed by atoms with E-state index in [9.17, 15) is 0 Å². The van der Waals surface area contributed by atoms with Crippen molar-refractivity contribution >= 4 is 21.6 Å². The van der Waals surface area contributed by atoms with Gasteiger partial charge in [0.25, 0.3) is 0 Å². The molecule has 0 aliphatic rings. The Labute approximate surface area is 109 Å². The zero-order valence-corrected chi connectivity index (χ0v) is 11.4. The number of nitrogens with two attached hydrogens (primary N) is 1. The van der Waals surface area contributed by atoms with Crippen LogP contribution < -0.4 is 10.6 Å². The van der Waals surface area contributed by atoms with Gasteiger partial charge in [-0.1, -0.05) is 30.3 Å². The molecule has 0 atom stereocenters. The highest BCUT2D eigenvalue weighted by atomic mass is 32.1. The first-order valence-corrected chi connectivity index (χ1v) is 6.48. The largest absolute Gasteiger partial charge is 0.374 e. The van der Waals surface area contributed by atoms with Crippen LogP contribution in [-0.2, 0) is 13.0 Å². The Morgan fingerprint density at radius 1 is 1.39 bits per heavy atom. The van der Waals surface area contributed by atoms with E-state index in [2.05, 4.69) is 34.2 Å². The Balaban J connectivity index is 1.98. The smallest absolute Gasteiger partial charge is 0.226 e. The summed E-state index contributed by atoms with van der Waals surface area (Å²) in [5.74, 6) is 1.81. The topological polar surface area (TPSA) is 94.0 Å². The molecule has 0 amide bonds. The van der Waals surface area contributed by atoms with Crippen molar-refractivity contribution in [3.05, 3.63) is 11.7 Å². The van der Waals surface area contributed by atoms with Gasteiger partial charge in [-0.3, -0.25) is 0 Å². The van der Waals surface area contributed by atoms with Crippen LogP contribution in [0, 0.1) is 5.92 Å². The summed E-state index contributed by atoms with van der Waals surface area (Å²) in [4.78, 5) is 6.22. The number of hydrogen-bond donors (Lipinski definition) is 1. The minimum Gasteiger partial charge on any atom is -0.374 e. The maximum absolute atomic E-state index is 5.54. The van der Waals surface area contributed by atoms with Crippen molar-refractivity contribution in [2.24, 2.45) is 5.92 Å². The number of anilines is 2. The Bertz CT molecular complexity index is 508. The molecule has 0 saturated heterocycles. The van der Waals surface area contributed by atoms with Gasteiger partial charge in [-0.25, -0.2) is 0 Å². The maximum Gasteiger partial charge on any atom is 0.226 e. The fraction of sp³-hybridized carbons (Fsp3) is 0.600. The Morgan fingerprint density at radius 3 is 2.78 bits per heavy atom. The number of nitrogens with zero attached hydrogens (tertiary/aromatic N) is 5. The van der Waals surface area contributed by atoms with E-state index in [0.717, 1.165) is 11.6 Å². The van der Waals surface area contributed by atoms with Crippen LogP contribution in [-0.4, -0.2) is 27.4 Å². The third kappa shape index (κ3) is 3.16. The van der Waals surface area contributed by atoms with Gasteiger partial charge in [0, 0.05) is 13.5 Å². The fourth-order valence-corrected chi connectivity index (χ4v) is 2.02. The molecule has 0 fully saturated rings. The molecule has 98 valence electrons. The quantitative estimate of drug-likeness (QED) is 0.874. The molecule has 2 heterocycles. The summed E-state index contributed by atoms with van der Waals surface area (Å²) in [6.45, 7) is 4.75. The van der Waals surface area contributed by atoms with Crippen molar-refractivity contribution in [2.75, 3.05) is 17.7 Å². The molecular weight excluding hydrogens is 252 g/mol. The van der Waals surface area contributed by atoms with Gasteiger partial charge < -0.3 is 15.2 Å². The summed E-state index contributed by atoms with van der Waals surface area (Å²) >= 11 is 1.33. The first kappa shape index (κ1) is 12.7. The van der Waals surface area contributed by atoms with Crippen molar-refractivity contribution in [1.29, 1.82) is 0 Å². The third-order valence-corrected chi connectivity index (χ3v) is 3.09. The second-order valence-corrected chi connectivity index (χ2v) is 5.47. The highest BCUT2D eigenvalue weighted by molar-refractivity contribution is 7.18. The predicted molar refractivity (Wildman–Crippen MR) is 69.3 cm³/mol. The second kappa shape index (κ2) is 5.30. The fourth-order valence-electron chi connectivity index (χ4n) is 1.45. The maximum atomic E-state index is 5.54. The summed E-state index contributed by atoms with van der Waals surface area (Å²) < 4.78 is 5.17. The van der Waals surface area contributed by atoms with Crippen LogP contribution in [0.3, 0.4) is 0 Å². The minimum atomic E-state index is 0.449. The molecule has 0 aliphatic carbocycles. The Hall–Kier alpha value is -1.70. The molecule has 2 aromatic heterocycles. The van der Waals surface area contributed by atoms with E-state index in [1.165, 1.54) is 11.3 Å². The molecule has 2 rings (SSSR count). The van der Waals surface area contributed by atoms with Crippen molar-refractivity contribution in [1.82, 2.24) is 20.3 Å². The van der Waals surface area contributed by atoms with Crippen molar-refractivity contribution in [2.45, 2.75) is 26.8 Å². The third-order valence-electron chi connectivity index (χ3n) is 2.23. The van der Waals surface area contributed by atoms with Crippen LogP contribution in [0.25, 0.3) is 0 Å². The minimum absolute atomic E-state index is 0.449. The van der Waals surface area contributed by atoms with E-state index in [1.807, 2.05) is 11.9 Å². The van der Waals surface area contributed by atoms with Gasteiger partial charge in [-0.2, -0.15) is 4.98 Å². The molecule has 8 heteroatoms. The average Bonchev–Trinajstić information content (AvgIpc) is 2.87. The zero-order chi connectivity index (χ0) is 13.1. The molecular formula is C10H16N6OS. The monoisotopic (exact) mass is 268 g/mol. The van der Waals surface area contributed by atoms with E-state index in [0.29, 0.717) is 29.3 Å². The van der Waals surface area contributed by atoms with Gasteiger partial charge in [-0.15, -0.1) is 10.2 Å². The average molecular weight is 268 g/mol. The zero-order valence-electron chi connectivity index (χ0n) is 10.6. The highest BCUT2D eigenvalue weighted by Gasteiger charge is 2.13. The summed E-state index contributed by atoms with van der Waals surface area (Å²) in [5, 5.41) is 12.8. The van der Waals surface area contributed by atoms with Crippen molar-refractivity contribution < 1.29 is 4.52 Å². The molecule has 0 aliphatic heterocycles. The molecule has 2 aromatic rings. The lowest BCUT2D eigenvalue weighted by Crippen LogP contribution is -2.17. The summed E-state index contributed by atoms with van der Waals surface area (Å²) in [5.41, 5.74) is 5.54. The molecule has 7 nitrogen and oxygen atoms in total. The molecule has 0 bridgehead atoms. The van der Waals surface area contributed by atoms with Gasteiger partial charge in [0.05, 0.1) is 6.54 Å².